The van der Waals surface area contributed by atoms with Crippen molar-refractivity contribution in [3.8, 4) is 0 Å². The van der Waals surface area contributed by atoms with Gasteiger partial charge in [0.2, 0.25) is 11.8 Å². The van der Waals surface area contributed by atoms with Gasteiger partial charge in [0, 0.05) is 22.6 Å². The van der Waals surface area contributed by atoms with Crippen molar-refractivity contribution in [2.75, 3.05) is 10.8 Å². The van der Waals surface area contributed by atoms with Gasteiger partial charge < -0.3 is 10.2 Å². The Bertz CT molecular complexity index is 1510. The van der Waals surface area contributed by atoms with E-state index in [1.54, 1.807) is 42.5 Å². The van der Waals surface area contributed by atoms with Gasteiger partial charge in [-0.15, -0.1) is 0 Å². The van der Waals surface area contributed by atoms with Gasteiger partial charge in [-0.2, -0.15) is 0 Å². The zero-order valence-corrected chi connectivity index (χ0v) is 27.3. The minimum atomic E-state index is -4.15. The Morgan fingerprint density at radius 2 is 1.48 bits per heavy atom. The first-order chi connectivity index (χ1) is 19.8. The van der Waals surface area contributed by atoms with Gasteiger partial charge in [0.25, 0.3) is 10.0 Å². The molecule has 0 saturated heterocycles. The first-order valence-electron chi connectivity index (χ1n) is 14.0. The molecule has 226 valence electrons. The molecule has 3 aromatic carbocycles. The minimum Gasteiger partial charge on any atom is -0.352 e. The molecule has 0 fully saturated rings. The van der Waals surface area contributed by atoms with Crippen molar-refractivity contribution in [1.82, 2.24) is 10.2 Å². The highest BCUT2D eigenvalue weighted by atomic mass is 35.5. The number of nitrogens with one attached hydrogen (secondary N) is 1. The van der Waals surface area contributed by atoms with Crippen molar-refractivity contribution >= 4 is 50.7 Å². The van der Waals surface area contributed by atoms with Crippen LogP contribution in [0.5, 0.6) is 0 Å². The van der Waals surface area contributed by atoms with Crippen LogP contribution in [0.3, 0.4) is 0 Å². The summed E-state index contributed by atoms with van der Waals surface area (Å²) in [5, 5.41) is 3.75. The Labute approximate surface area is 259 Å². The number of hydrogen-bond acceptors (Lipinski definition) is 4. The van der Waals surface area contributed by atoms with Crippen molar-refractivity contribution < 1.29 is 18.0 Å². The van der Waals surface area contributed by atoms with Crippen LogP contribution < -0.4 is 9.62 Å². The molecule has 0 unspecified atom stereocenters. The lowest BCUT2D eigenvalue weighted by molar-refractivity contribution is -0.140. The molecule has 3 aromatic rings. The number of benzene rings is 3. The maximum atomic E-state index is 14.2. The average molecular weight is 633 g/mol. The molecule has 7 nitrogen and oxygen atoms in total. The van der Waals surface area contributed by atoms with Crippen molar-refractivity contribution in [1.29, 1.82) is 0 Å². The molecule has 2 atom stereocenters. The number of anilines is 1. The molecule has 0 aliphatic carbocycles. The van der Waals surface area contributed by atoms with Crippen molar-refractivity contribution in [3.05, 3.63) is 93.0 Å². The van der Waals surface area contributed by atoms with Gasteiger partial charge in [-0.25, -0.2) is 8.42 Å². The molecule has 0 spiro atoms. The van der Waals surface area contributed by atoms with Crippen LogP contribution in [0.1, 0.15) is 55.9 Å². The van der Waals surface area contributed by atoms with Crippen LogP contribution in [0.15, 0.2) is 65.6 Å². The SMILES string of the molecule is CC[C@@H](C)NC(=O)[C@@H](CC)N(Cc1ccc(Cl)cc1Cl)C(=O)CN(c1cc(C)cc(C)c1)S(=O)(=O)c1ccc(C)cc1. The van der Waals surface area contributed by atoms with E-state index in [2.05, 4.69) is 5.32 Å². The third kappa shape index (κ3) is 8.27. The molecule has 0 saturated carbocycles. The van der Waals surface area contributed by atoms with Gasteiger partial charge >= 0.3 is 0 Å². The largest absolute Gasteiger partial charge is 0.352 e. The van der Waals surface area contributed by atoms with E-state index in [0.717, 1.165) is 21.0 Å². The topological polar surface area (TPSA) is 86.8 Å². The van der Waals surface area contributed by atoms with Crippen LogP contribution >= 0.6 is 23.2 Å². The summed E-state index contributed by atoms with van der Waals surface area (Å²) < 4.78 is 29.3. The minimum absolute atomic E-state index is 0.00741. The molecule has 0 aliphatic rings. The molecule has 3 rings (SSSR count). The van der Waals surface area contributed by atoms with E-state index < -0.39 is 28.5 Å². The second-order valence-electron chi connectivity index (χ2n) is 10.7. The highest BCUT2D eigenvalue weighted by Crippen LogP contribution is 2.28. The van der Waals surface area contributed by atoms with Crippen LogP contribution in [0.4, 0.5) is 5.69 Å². The third-order valence-corrected chi connectivity index (χ3v) is 9.50. The number of halogens is 2. The van der Waals surface area contributed by atoms with Crippen molar-refractivity contribution in [3.63, 3.8) is 0 Å². The molecular weight excluding hydrogens is 593 g/mol. The quantitative estimate of drug-likeness (QED) is 0.237. The zero-order chi connectivity index (χ0) is 31.2. The number of hydrogen-bond donors (Lipinski definition) is 1. The Morgan fingerprint density at radius 3 is 2.02 bits per heavy atom. The maximum Gasteiger partial charge on any atom is 0.264 e. The number of amides is 2. The Kier molecular flexibility index (Phi) is 11.5. The average Bonchev–Trinajstić information content (AvgIpc) is 2.92. The second kappa shape index (κ2) is 14.4. The predicted molar refractivity (Wildman–Crippen MR) is 171 cm³/mol. The number of nitrogens with zero attached hydrogens (tertiary/aromatic N) is 2. The van der Waals surface area contributed by atoms with Crippen molar-refractivity contribution in [2.45, 2.75) is 77.9 Å². The summed E-state index contributed by atoms with van der Waals surface area (Å²) in [4.78, 5) is 29.1. The smallest absolute Gasteiger partial charge is 0.264 e. The van der Waals surface area contributed by atoms with E-state index >= 15 is 0 Å². The summed E-state index contributed by atoms with van der Waals surface area (Å²) >= 11 is 12.6. The second-order valence-corrected chi connectivity index (χ2v) is 13.4. The van der Waals surface area contributed by atoms with E-state index in [9.17, 15) is 18.0 Å². The molecular formula is C32H39Cl2N3O4S. The summed E-state index contributed by atoms with van der Waals surface area (Å²) in [5.74, 6) is -0.855. The van der Waals surface area contributed by atoms with E-state index in [4.69, 9.17) is 23.2 Å². The van der Waals surface area contributed by atoms with E-state index in [1.807, 2.05) is 47.6 Å². The van der Waals surface area contributed by atoms with Gasteiger partial charge in [0.05, 0.1) is 10.6 Å². The number of rotatable bonds is 12. The number of sulfonamides is 1. The molecule has 0 radical (unpaired) electrons. The fraction of sp³-hybridized carbons (Fsp3) is 0.375. The summed E-state index contributed by atoms with van der Waals surface area (Å²) in [5.41, 5.74) is 3.56. The Balaban J connectivity index is 2.12. The molecule has 0 heterocycles. The maximum absolute atomic E-state index is 14.2. The summed E-state index contributed by atoms with van der Waals surface area (Å²) in [6.07, 6.45) is 1.03. The number of carbonyl (C=O) groups excluding carboxylic acids is 2. The molecule has 0 aliphatic heterocycles. The van der Waals surface area contributed by atoms with Crippen LogP contribution in [0, 0.1) is 20.8 Å². The summed E-state index contributed by atoms with van der Waals surface area (Å²) in [6, 6.07) is 15.9. The molecule has 0 bridgehead atoms. The van der Waals surface area contributed by atoms with Crippen LogP contribution in [0.2, 0.25) is 10.0 Å². The van der Waals surface area contributed by atoms with E-state index in [1.165, 1.54) is 17.0 Å². The van der Waals surface area contributed by atoms with Gasteiger partial charge in [-0.3, -0.25) is 13.9 Å². The fourth-order valence-corrected chi connectivity index (χ4v) is 6.52. The standard InChI is InChI=1S/C32H39Cl2N3O4S/c1-7-24(6)35-32(39)30(8-2)36(19-25-11-12-26(33)18-29(25)34)31(38)20-37(27-16-22(4)15-23(5)17-27)42(40,41)28-13-9-21(3)10-14-28/h9-18,24,30H,7-8,19-20H2,1-6H3,(H,35,39)/t24-,30-/m1/s1. The van der Waals surface area contributed by atoms with E-state index in [-0.39, 0.29) is 23.4 Å². The lowest BCUT2D eigenvalue weighted by Crippen LogP contribution is -2.53. The highest BCUT2D eigenvalue weighted by molar-refractivity contribution is 7.92. The first kappa shape index (κ1) is 33.4. The monoisotopic (exact) mass is 631 g/mol. The Hall–Kier alpha value is -3.07. The molecule has 42 heavy (non-hydrogen) atoms. The van der Waals surface area contributed by atoms with Gasteiger partial charge in [-0.05, 0) is 93.6 Å². The normalized spacial score (nSPS) is 12.9. The lowest BCUT2D eigenvalue weighted by atomic mass is 10.1. The lowest BCUT2D eigenvalue weighted by Gasteiger charge is -2.34. The molecule has 2 amide bonds. The van der Waals surface area contributed by atoms with Crippen LogP contribution in [-0.4, -0.2) is 43.8 Å². The van der Waals surface area contributed by atoms with Gasteiger partial charge in [0.1, 0.15) is 12.6 Å². The zero-order valence-electron chi connectivity index (χ0n) is 24.9. The first-order valence-corrected chi connectivity index (χ1v) is 16.2. The van der Waals surface area contributed by atoms with Crippen molar-refractivity contribution in [2.24, 2.45) is 0 Å². The van der Waals surface area contributed by atoms with Gasteiger partial charge in [-0.1, -0.05) is 66.9 Å². The molecule has 10 heteroatoms. The molecule has 1 N–H and O–H groups in total. The van der Waals surface area contributed by atoms with Gasteiger partial charge in [0.15, 0.2) is 0 Å². The Morgan fingerprint density at radius 1 is 0.857 bits per heavy atom. The number of carbonyl (C=O) groups is 2. The highest BCUT2D eigenvalue weighted by Gasteiger charge is 2.34. The molecule has 0 aromatic heterocycles. The number of aryl methyl sites for hydroxylation is 3. The summed E-state index contributed by atoms with van der Waals surface area (Å²) in [7, 11) is -4.15. The van der Waals surface area contributed by atoms with Crippen LogP contribution in [-0.2, 0) is 26.2 Å². The summed E-state index contributed by atoms with van der Waals surface area (Å²) in [6.45, 7) is 10.8. The predicted octanol–water partition coefficient (Wildman–Crippen LogP) is 6.84. The third-order valence-electron chi connectivity index (χ3n) is 7.13. The van der Waals surface area contributed by atoms with Crippen LogP contribution in [0.25, 0.3) is 0 Å². The fourth-order valence-electron chi connectivity index (χ4n) is 4.65. The van der Waals surface area contributed by atoms with E-state index in [0.29, 0.717) is 34.1 Å².